The molecule has 0 aromatic rings. The Labute approximate surface area is 170 Å². The standard InChI is InChI=1S/C27H44/c1-22(2)12-9-13-23(3)14-10-15-24(4)16-11-17-25(5)20-21-27-19-8-7-18-26(27)6/h12,14,16,20,27H,6-11,13,15,17-19,21H2,1-5H3/b23-14+,24-16+,25-20+. The fraction of sp³-hybridized carbons (Fsp3) is 0.630. The van der Waals surface area contributed by atoms with Crippen molar-refractivity contribution in [2.24, 2.45) is 5.92 Å². The Kier molecular flexibility index (Phi) is 12.1. The average molecular weight is 369 g/mol. The lowest BCUT2D eigenvalue weighted by molar-refractivity contribution is 0.457. The van der Waals surface area contributed by atoms with Gasteiger partial charge in [0.05, 0.1) is 0 Å². The fourth-order valence-electron chi connectivity index (χ4n) is 3.77. The van der Waals surface area contributed by atoms with Gasteiger partial charge in [-0.2, -0.15) is 0 Å². The van der Waals surface area contributed by atoms with Crippen LogP contribution in [0.15, 0.2) is 58.7 Å². The molecule has 1 aliphatic carbocycles. The van der Waals surface area contributed by atoms with Crippen molar-refractivity contribution in [3.05, 3.63) is 58.7 Å². The van der Waals surface area contributed by atoms with Crippen molar-refractivity contribution in [3.63, 3.8) is 0 Å². The lowest BCUT2D eigenvalue weighted by Crippen LogP contribution is -2.08. The average Bonchev–Trinajstić information content (AvgIpc) is 2.60. The Morgan fingerprint density at radius 1 is 0.778 bits per heavy atom. The van der Waals surface area contributed by atoms with E-state index in [1.165, 1.54) is 92.9 Å². The van der Waals surface area contributed by atoms with E-state index in [9.17, 15) is 0 Å². The molecular weight excluding hydrogens is 324 g/mol. The Morgan fingerprint density at radius 2 is 1.30 bits per heavy atom. The Bertz CT molecular complexity index is 561. The van der Waals surface area contributed by atoms with Crippen molar-refractivity contribution in [1.29, 1.82) is 0 Å². The molecule has 0 aliphatic heterocycles. The molecule has 0 N–H and O–H groups in total. The highest BCUT2D eigenvalue weighted by Crippen LogP contribution is 2.31. The van der Waals surface area contributed by atoms with Gasteiger partial charge in [-0.3, -0.25) is 0 Å². The largest absolute Gasteiger partial charge is 0.0996 e. The monoisotopic (exact) mass is 368 g/mol. The lowest BCUT2D eigenvalue weighted by Gasteiger charge is -2.23. The Hall–Kier alpha value is -1.30. The molecular formula is C27H44. The lowest BCUT2D eigenvalue weighted by atomic mass is 9.83. The summed E-state index contributed by atoms with van der Waals surface area (Å²) in [5.41, 5.74) is 7.53. The molecule has 0 heteroatoms. The van der Waals surface area contributed by atoms with Gasteiger partial charge in [-0.1, -0.05) is 65.2 Å². The molecule has 0 amide bonds. The van der Waals surface area contributed by atoms with E-state index in [4.69, 9.17) is 0 Å². The van der Waals surface area contributed by atoms with Gasteiger partial charge in [0.25, 0.3) is 0 Å². The third-order valence-corrected chi connectivity index (χ3v) is 5.78. The maximum atomic E-state index is 4.28. The summed E-state index contributed by atoms with van der Waals surface area (Å²) >= 11 is 0. The molecule has 1 fully saturated rings. The summed E-state index contributed by atoms with van der Waals surface area (Å²) in [5, 5.41) is 0. The quantitative estimate of drug-likeness (QED) is 0.319. The van der Waals surface area contributed by atoms with E-state index < -0.39 is 0 Å². The van der Waals surface area contributed by atoms with Crippen LogP contribution in [-0.4, -0.2) is 0 Å². The first kappa shape index (κ1) is 23.7. The van der Waals surface area contributed by atoms with Gasteiger partial charge in [0.1, 0.15) is 0 Å². The van der Waals surface area contributed by atoms with E-state index >= 15 is 0 Å². The summed E-state index contributed by atoms with van der Waals surface area (Å²) in [6, 6.07) is 0. The van der Waals surface area contributed by atoms with E-state index in [1.54, 1.807) is 5.57 Å². The zero-order chi connectivity index (χ0) is 20.1. The zero-order valence-corrected chi connectivity index (χ0v) is 18.9. The molecule has 1 saturated carbocycles. The van der Waals surface area contributed by atoms with E-state index in [0.29, 0.717) is 0 Å². The van der Waals surface area contributed by atoms with Crippen LogP contribution in [-0.2, 0) is 0 Å². The second kappa shape index (κ2) is 13.8. The minimum absolute atomic E-state index is 0.748. The minimum atomic E-state index is 0.748. The van der Waals surface area contributed by atoms with Crippen molar-refractivity contribution >= 4 is 0 Å². The Balaban J connectivity index is 2.24. The van der Waals surface area contributed by atoms with Gasteiger partial charge in [-0.15, -0.1) is 0 Å². The molecule has 0 saturated heterocycles. The number of rotatable bonds is 11. The SMILES string of the molecule is C=C1CCCCC1C/C=C(\C)CC/C=C(\C)CC/C=C(\C)CCC=C(C)C. The first-order valence-corrected chi connectivity index (χ1v) is 11.2. The predicted molar refractivity (Wildman–Crippen MR) is 124 cm³/mol. The molecule has 0 aromatic carbocycles. The maximum absolute atomic E-state index is 4.28. The van der Waals surface area contributed by atoms with Crippen LogP contribution >= 0.6 is 0 Å². The predicted octanol–water partition coefficient (Wildman–Crippen LogP) is 9.27. The molecule has 0 nitrogen and oxygen atoms in total. The summed E-state index contributed by atoms with van der Waals surface area (Å²) in [5.74, 6) is 0.748. The number of hydrogen-bond acceptors (Lipinski definition) is 0. The molecule has 0 heterocycles. The first-order valence-electron chi connectivity index (χ1n) is 11.2. The first-order chi connectivity index (χ1) is 12.9. The molecule has 152 valence electrons. The molecule has 0 spiro atoms. The molecule has 1 aliphatic rings. The highest BCUT2D eigenvalue weighted by Gasteiger charge is 2.15. The number of allylic oxidation sites excluding steroid dienone is 9. The van der Waals surface area contributed by atoms with Crippen LogP contribution in [0.25, 0.3) is 0 Å². The number of hydrogen-bond donors (Lipinski definition) is 0. The molecule has 0 aromatic heterocycles. The highest BCUT2D eigenvalue weighted by molar-refractivity contribution is 5.10. The van der Waals surface area contributed by atoms with Crippen LogP contribution in [0.2, 0.25) is 0 Å². The second-order valence-electron chi connectivity index (χ2n) is 8.89. The van der Waals surface area contributed by atoms with Gasteiger partial charge in [-0.05, 0) is 105 Å². The third-order valence-electron chi connectivity index (χ3n) is 5.78. The molecule has 0 radical (unpaired) electrons. The van der Waals surface area contributed by atoms with Crippen LogP contribution in [0.3, 0.4) is 0 Å². The van der Waals surface area contributed by atoms with Crippen LogP contribution in [0, 0.1) is 5.92 Å². The summed E-state index contributed by atoms with van der Waals surface area (Å²) in [6.45, 7) is 15.5. The normalized spacial score (nSPS) is 19.4. The molecule has 0 bridgehead atoms. The van der Waals surface area contributed by atoms with Crippen molar-refractivity contribution in [2.75, 3.05) is 0 Å². The van der Waals surface area contributed by atoms with Crippen LogP contribution in [0.5, 0.6) is 0 Å². The molecule has 27 heavy (non-hydrogen) atoms. The molecule has 1 atom stereocenters. The topological polar surface area (TPSA) is 0 Å². The van der Waals surface area contributed by atoms with Crippen LogP contribution in [0.1, 0.15) is 105 Å². The molecule has 1 rings (SSSR count). The smallest absolute Gasteiger partial charge is 0.0171 e. The van der Waals surface area contributed by atoms with Gasteiger partial charge in [0.15, 0.2) is 0 Å². The maximum Gasteiger partial charge on any atom is -0.0171 e. The van der Waals surface area contributed by atoms with E-state index in [1.807, 2.05) is 0 Å². The van der Waals surface area contributed by atoms with Crippen LogP contribution in [0.4, 0.5) is 0 Å². The van der Waals surface area contributed by atoms with Crippen LogP contribution < -0.4 is 0 Å². The van der Waals surface area contributed by atoms with Gasteiger partial charge < -0.3 is 0 Å². The van der Waals surface area contributed by atoms with Gasteiger partial charge in [0, 0.05) is 0 Å². The summed E-state index contributed by atoms with van der Waals surface area (Å²) in [7, 11) is 0. The van der Waals surface area contributed by atoms with E-state index in [2.05, 4.69) is 65.5 Å². The van der Waals surface area contributed by atoms with Gasteiger partial charge >= 0.3 is 0 Å². The summed E-state index contributed by atoms with van der Waals surface area (Å²) in [6.07, 6.45) is 23.4. The minimum Gasteiger partial charge on any atom is -0.0996 e. The molecule has 1 unspecified atom stereocenters. The van der Waals surface area contributed by atoms with Crippen molar-refractivity contribution in [2.45, 2.75) is 105 Å². The summed E-state index contributed by atoms with van der Waals surface area (Å²) in [4.78, 5) is 0. The van der Waals surface area contributed by atoms with E-state index in [0.717, 1.165) is 5.92 Å². The second-order valence-corrected chi connectivity index (χ2v) is 8.89. The van der Waals surface area contributed by atoms with E-state index in [-0.39, 0.29) is 0 Å². The highest BCUT2D eigenvalue weighted by atomic mass is 14.2. The zero-order valence-electron chi connectivity index (χ0n) is 18.9. The summed E-state index contributed by atoms with van der Waals surface area (Å²) < 4.78 is 0. The van der Waals surface area contributed by atoms with Crippen molar-refractivity contribution in [1.82, 2.24) is 0 Å². The van der Waals surface area contributed by atoms with Crippen molar-refractivity contribution in [3.8, 4) is 0 Å². The fourth-order valence-corrected chi connectivity index (χ4v) is 3.77. The van der Waals surface area contributed by atoms with Crippen molar-refractivity contribution < 1.29 is 0 Å². The third kappa shape index (κ3) is 11.9. The Morgan fingerprint density at radius 3 is 1.81 bits per heavy atom. The van der Waals surface area contributed by atoms with Gasteiger partial charge in [-0.25, -0.2) is 0 Å². The van der Waals surface area contributed by atoms with Gasteiger partial charge in [0.2, 0.25) is 0 Å².